The standard InChI is InChI=1S/C19H23ClN2O4/c1-19(2)14(15(19)18(25)26)17(24)22-11-7-8-12(13(20)9-11)16(23)21-10-5-3-4-6-10/h7-10,14-15H,3-6H2,1-2H3,(H,21,23)(H,22,24)(H,25,26)/t14-,15+/m0/s1. The molecule has 0 unspecified atom stereocenters. The molecule has 0 aromatic heterocycles. The van der Waals surface area contributed by atoms with Gasteiger partial charge in [-0.15, -0.1) is 0 Å². The summed E-state index contributed by atoms with van der Waals surface area (Å²) in [4.78, 5) is 35.9. The van der Waals surface area contributed by atoms with Crippen LogP contribution in [0.1, 0.15) is 49.9 Å². The maximum absolute atomic E-state index is 12.4. The van der Waals surface area contributed by atoms with Crippen LogP contribution in [-0.2, 0) is 9.59 Å². The summed E-state index contributed by atoms with van der Waals surface area (Å²) in [6.07, 6.45) is 4.22. The van der Waals surface area contributed by atoms with Gasteiger partial charge in [-0.2, -0.15) is 0 Å². The highest BCUT2D eigenvalue weighted by atomic mass is 35.5. The Morgan fingerprint density at radius 1 is 1.15 bits per heavy atom. The second-order valence-corrected chi connectivity index (χ2v) is 8.16. The second-order valence-electron chi connectivity index (χ2n) is 7.75. The molecular formula is C19H23ClN2O4. The number of carbonyl (C=O) groups excluding carboxylic acids is 2. The predicted molar refractivity (Wildman–Crippen MR) is 98.2 cm³/mol. The van der Waals surface area contributed by atoms with E-state index in [-0.39, 0.29) is 22.9 Å². The van der Waals surface area contributed by atoms with Crippen LogP contribution in [0, 0.1) is 17.3 Å². The SMILES string of the molecule is CC1(C)[C@H](C(=O)Nc2ccc(C(=O)NC3CCCC3)c(Cl)c2)[C@@H]1C(=O)O. The largest absolute Gasteiger partial charge is 0.481 e. The van der Waals surface area contributed by atoms with E-state index in [2.05, 4.69) is 10.6 Å². The van der Waals surface area contributed by atoms with E-state index in [1.165, 1.54) is 6.07 Å². The Labute approximate surface area is 157 Å². The number of rotatable bonds is 5. The maximum Gasteiger partial charge on any atom is 0.307 e. The van der Waals surface area contributed by atoms with Crippen molar-refractivity contribution < 1.29 is 19.5 Å². The van der Waals surface area contributed by atoms with Crippen molar-refractivity contribution in [2.75, 3.05) is 5.32 Å². The van der Waals surface area contributed by atoms with Crippen molar-refractivity contribution in [1.82, 2.24) is 5.32 Å². The fourth-order valence-corrected chi connectivity index (χ4v) is 4.18. The zero-order chi connectivity index (χ0) is 19.1. The van der Waals surface area contributed by atoms with Gasteiger partial charge in [0.1, 0.15) is 0 Å². The van der Waals surface area contributed by atoms with Gasteiger partial charge in [-0.1, -0.05) is 38.3 Å². The average molecular weight is 379 g/mol. The van der Waals surface area contributed by atoms with E-state index in [1.807, 2.05) is 0 Å². The molecule has 2 saturated carbocycles. The minimum absolute atomic E-state index is 0.197. The van der Waals surface area contributed by atoms with Crippen LogP contribution in [0.2, 0.25) is 5.02 Å². The molecule has 2 amide bonds. The molecule has 0 bridgehead atoms. The molecule has 3 N–H and O–H groups in total. The number of benzene rings is 1. The minimum atomic E-state index is -0.966. The molecule has 6 nitrogen and oxygen atoms in total. The van der Waals surface area contributed by atoms with Gasteiger partial charge in [0.05, 0.1) is 22.4 Å². The molecule has 0 radical (unpaired) electrons. The van der Waals surface area contributed by atoms with Crippen LogP contribution in [0.15, 0.2) is 18.2 Å². The molecule has 0 saturated heterocycles. The summed E-state index contributed by atoms with van der Waals surface area (Å²) in [5, 5.41) is 15.1. The van der Waals surface area contributed by atoms with Crippen molar-refractivity contribution in [2.45, 2.75) is 45.6 Å². The zero-order valence-electron chi connectivity index (χ0n) is 14.8. The predicted octanol–water partition coefficient (Wildman–Crippen LogP) is 3.31. The number of amides is 2. The molecular weight excluding hydrogens is 356 g/mol. The number of anilines is 1. The van der Waals surface area contributed by atoms with Crippen molar-refractivity contribution in [3.05, 3.63) is 28.8 Å². The first-order valence-corrected chi connectivity index (χ1v) is 9.23. The van der Waals surface area contributed by atoms with Crippen LogP contribution in [0.5, 0.6) is 0 Å². The van der Waals surface area contributed by atoms with E-state index < -0.39 is 23.2 Å². The van der Waals surface area contributed by atoms with Crippen LogP contribution in [-0.4, -0.2) is 28.9 Å². The second kappa shape index (κ2) is 6.91. The third kappa shape index (κ3) is 3.56. The number of carbonyl (C=O) groups is 3. The third-order valence-corrected chi connectivity index (χ3v) is 5.86. The van der Waals surface area contributed by atoms with E-state index in [1.54, 1.807) is 26.0 Å². The van der Waals surface area contributed by atoms with E-state index >= 15 is 0 Å². The topological polar surface area (TPSA) is 95.5 Å². The van der Waals surface area contributed by atoms with E-state index in [9.17, 15) is 19.5 Å². The summed E-state index contributed by atoms with van der Waals surface area (Å²) in [6.45, 7) is 3.53. The van der Waals surface area contributed by atoms with Gasteiger partial charge < -0.3 is 15.7 Å². The van der Waals surface area contributed by atoms with Gasteiger partial charge >= 0.3 is 5.97 Å². The molecule has 2 atom stereocenters. The third-order valence-electron chi connectivity index (χ3n) is 5.55. The summed E-state index contributed by atoms with van der Waals surface area (Å²) >= 11 is 6.22. The molecule has 7 heteroatoms. The lowest BCUT2D eigenvalue weighted by Crippen LogP contribution is -2.32. The molecule has 3 rings (SSSR count). The smallest absolute Gasteiger partial charge is 0.307 e. The van der Waals surface area contributed by atoms with Crippen LogP contribution < -0.4 is 10.6 Å². The number of carboxylic acids is 1. The van der Waals surface area contributed by atoms with E-state index in [0.717, 1.165) is 25.7 Å². The number of hydrogen-bond acceptors (Lipinski definition) is 3. The summed E-state index contributed by atoms with van der Waals surface area (Å²) in [5.74, 6) is -2.79. The van der Waals surface area contributed by atoms with Gasteiger partial charge in [0.2, 0.25) is 5.91 Å². The van der Waals surface area contributed by atoms with Gasteiger partial charge in [-0.05, 0) is 36.5 Å². The summed E-state index contributed by atoms with van der Waals surface area (Å²) in [7, 11) is 0. The minimum Gasteiger partial charge on any atom is -0.481 e. The molecule has 0 spiro atoms. The van der Waals surface area contributed by atoms with Gasteiger partial charge in [0.25, 0.3) is 5.91 Å². The molecule has 0 heterocycles. The van der Waals surface area contributed by atoms with Gasteiger partial charge in [0.15, 0.2) is 0 Å². The number of carboxylic acid groups (broad SMARTS) is 1. The fourth-order valence-electron chi connectivity index (χ4n) is 3.92. The van der Waals surface area contributed by atoms with Gasteiger partial charge in [-0.3, -0.25) is 14.4 Å². The zero-order valence-corrected chi connectivity index (χ0v) is 15.6. The monoisotopic (exact) mass is 378 g/mol. The molecule has 0 aliphatic heterocycles. The Hall–Kier alpha value is -2.08. The van der Waals surface area contributed by atoms with Crippen molar-refractivity contribution >= 4 is 35.1 Å². The molecule has 26 heavy (non-hydrogen) atoms. The Kier molecular flexibility index (Phi) is 4.97. The molecule has 2 fully saturated rings. The van der Waals surface area contributed by atoms with Crippen molar-refractivity contribution in [3.8, 4) is 0 Å². The first kappa shape index (κ1) is 18.7. The Morgan fingerprint density at radius 2 is 1.81 bits per heavy atom. The van der Waals surface area contributed by atoms with E-state index in [4.69, 9.17) is 11.6 Å². The first-order valence-electron chi connectivity index (χ1n) is 8.86. The average Bonchev–Trinajstić information content (AvgIpc) is 2.88. The fraction of sp³-hybridized carbons (Fsp3) is 0.526. The van der Waals surface area contributed by atoms with Crippen molar-refractivity contribution in [1.29, 1.82) is 0 Å². The summed E-state index contributed by atoms with van der Waals surface area (Å²) in [6, 6.07) is 4.91. The molecule has 2 aliphatic carbocycles. The highest BCUT2D eigenvalue weighted by Gasteiger charge is 2.65. The lowest BCUT2D eigenvalue weighted by Gasteiger charge is -2.13. The summed E-state index contributed by atoms with van der Waals surface area (Å²) in [5.41, 5.74) is 0.247. The number of hydrogen-bond donors (Lipinski definition) is 3. The molecule has 1 aromatic rings. The van der Waals surface area contributed by atoms with E-state index in [0.29, 0.717) is 11.3 Å². The Balaban J connectivity index is 1.65. The molecule has 1 aromatic carbocycles. The quantitative estimate of drug-likeness (QED) is 0.732. The van der Waals surface area contributed by atoms with Gasteiger partial charge in [0, 0.05) is 11.7 Å². The lowest BCUT2D eigenvalue weighted by atomic mass is 10.1. The van der Waals surface area contributed by atoms with Crippen LogP contribution in [0.4, 0.5) is 5.69 Å². The molecule has 140 valence electrons. The first-order chi connectivity index (χ1) is 12.2. The van der Waals surface area contributed by atoms with Crippen LogP contribution in [0.25, 0.3) is 0 Å². The molecule has 2 aliphatic rings. The number of halogens is 1. The van der Waals surface area contributed by atoms with Gasteiger partial charge in [-0.25, -0.2) is 0 Å². The normalized spacial score (nSPS) is 24.1. The maximum atomic E-state index is 12.4. The highest BCUT2D eigenvalue weighted by Crippen LogP contribution is 2.58. The summed E-state index contributed by atoms with van der Waals surface area (Å²) < 4.78 is 0. The van der Waals surface area contributed by atoms with Crippen LogP contribution in [0.3, 0.4) is 0 Å². The number of nitrogens with one attached hydrogen (secondary N) is 2. The van der Waals surface area contributed by atoms with Crippen molar-refractivity contribution in [3.63, 3.8) is 0 Å². The number of aliphatic carboxylic acids is 1. The lowest BCUT2D eigenvalue weighted by molar-refractivity contribution is -0.140. The Morgan fingerprint density at radius 3 is 2.35 bits per heavy atom. The van der Waals surface area contributed by atoms with Crippen molar-refractivity contribution in [2.24, 2.45) is 17.3 Å². The Bertz CT molecular complexity index is 756. The van der Waals surface area contributed by atoms with Crippen LogP contribution >= 0.6 is 11.6 Å². The highest BCUT2D eigenvalue weighted by molar-refractivity contribution is 6.34.